The molecule has 4 heteroatoms. The van der Waals surface area contributed by atoms with Gasteiger partial charge in [0.2, 0.25) is 5.91 Å². The molecule has 2 N–H and O–H groups in total. The van der Waals surface area contributed by atoms with Crippen molar-refractivity contribution in [2.24, 2.45) is 5.73 Å². The second kappa shape index (κ2) is 3.51. The second-order valence-electron chi connectivity index (χ2n) is 4.72. The first-order valence-corrected chi connectivity index (χ1v) is 5.34. The predicted octanol–water partition coefficient (Wildman–Crippen LogP) is -0.358. The maximum absolute atomic E-state index is 11.8. The predicted molar refractivity (Wildman–Crippen MR) is 54.8 cm³/mol. The van der Waals surface area contributed by atoms with Gasteiger partial charge in [0, 0.05) is 38.1 Å². The van der Waals surface area contributed by atoms with Crippen LogP contribution in [0.3, 0.4) is 0 Å². The molecular weight excluding hydrogens is 178 g/mol. The average Bonchev–Trinajstić information content (AvgIpc) is 2.84. The van der Waals surface area contributed by atoms with Gasteiger partial charge >= 0.3 is 0 Å². The van der Waals surface area contributed by atoms with Gasteiger partial charge in [0.1, 0.15) is 0 Å². The Morgan fingerprint density at radius 2 is 1.86 bits per heavy atom. The lowest BCUT2D eigenvalue weighted by atomic mass is 10.1. The molecule has 0 radical (unpaired) electrons. The van der Waals surface area contributed by atoms with Gasteiger partial charge in [0.25, 0.3) is 0 Å². The minimum atomic E-state index is -0.138. The van der Waals surface area contributed by atoms with Crippen LogP contribution in [0.25, 0.3) is 0 Å². The number of nitrogens with two attached hydrogens (primary N) is 1. The molecule has 0 atom stereocenters. The van der Waals surface area contributed by atoms with Crippen LogP contribution < -0.4 is 5.73 Å². The number of hydrogen-bond donors (Lipinski definition) is 1. The van der Waals surface area contributed by atoms with Crippen LogP contribution in [0.2, 0.25) is 0 Å². The highest BCUT2D eigenvalue weighted by Crippen LogP contribution is 2.35. The first-order valence-electron chi connectivity index (χ1n) is 5.34. The summed E-state index contributed by atoms with van der Waals surface area (Å²) in [6, 6.07) is 0. The van der Waals surface area contributed by atoms with E-state index in [9.17, 15) is 4.79 Å². The molecule has 0 spiro atoms. The van der Waals surface area contributed by atoms with Gasteiger partial charge in [-0.15, -0.1) is 0 Å². The summed E-state index contributed by atoms with van der Waals surface area (Å²) in [6.07, 6.45) is 2.59. The summed E-state index contributed by atoms with van der Waals surface area (Å²) in [5.74, 6) is 0.248. The van der Waals surface area contributed by atoms with E-state index < -0.39 is 0 Å². The molecule has 0 unspecified atom stereocenters. The van der Waals surface area contributed by atoms with Crippen LogP contribution in [0.15, 0.2) is 0 Å². The standard InChI is InChI=1S/C10H19N3O/c1-12-4-6-13(7-5-12)9(14)8-10(11)2-3-10/h2-8,11H2,1H3. The zero-order valence-electron chi connectivity index (χ0n) is 8.83. The fraction of sp³-hybridized carbons (Fsp3) is 0.900. The van der Waals surface area contributed by atoms with Crippen LogP contribution in [0.4, 0.5) is 0 Å². The monoisotopic (exact) mass is 197 g/mol. The van der Waals surface area contributed by atoms with Gasteiger partial charge in [-0.3, -0.25) is 4.79 Å². The Kier molecular flexibility index (Phi) is 2.49. The Bertz CT molecular complexity index is 230. The van der Waals surface area contributed by atoms with Gasteiger partial charge in [0.05, 0.1) is 0 Å². The summed E-state index contributed by atoms with van der Waals surface area (Å²) < 4.78 is 0. The van der Waals surface area contributed by atoms with Crippen molar-refractivity contribution in [3.8, 4) is 0 Å². The van der Waals surface area contributed by atoms with Crippen molar-refractivity contribution in [2.45, 2.75) is 24.8 Å². The number of amides is 1. The van der Waals surface area contributed by atoms with Crippen molar-refractivity contribution in [2.75, 3.05) is 33.2 Å². The minimum Gasteiger partial charge on any atom is -0.340 e. The second-order valence-corrected chi connectivity index (χ2v) is 4.72. The maximum atomic E-state index is 11.8. The number of carbonyl (C=O) groups is 1. The van der Waals surface area contributed by atoms with Gasteiger partial charge in [-0.2, -0.15) is 0 Å². The summed E-state index contributed by atoms with van der Waals surface area (Å²) in [5.41, 5.74) is 5.79. The van der Waals surface area contributed by atoms with Crippen molar-refractivity contribution in [3.05, 3.63) is 0 Å². The molecule has 1 aliphatic carbocycles. The molecule has 1 amide bonds. The third-order valence-electron chi connectivity index (χ3n) is 3.25. The summed E-state index contributed by atoms with van der Waals surface area (Å²) in [5, 5.41) is 0. The molecule has 2 aliphatic rings. The molecule has 0 bridgehead atoms. The normalized spacial score (nSPS) is 26.3. The summed E-state index contributed by atoms with van der Waals surface area (Å²) >= 11 is 0. The van der Waals surface area contributed by atoms with Gasteiger partial charge < -0.3 is 15.5 Å². The molecule has 14 heavy (non-hydrogen) atoms. The molecular formula is C10H19N3O. The number of rotatable bonds is 2. The van der Waals surface area contributed by atoms with E-state index in [0.717, 1.165) is 39.0 Å². The molecule has 1 aliphatic heterocycles. The summed E-state index contributed by atoms with van der Waals surface area (Å²) in [7, 11) is 2.09. The van der Waals surface area contributed by atoms with Gasteiger partial charge in [-0.05, 0) is 19.9 Å². The fourth-order valence-corrected chi connectivity index (χ4v) is 1.81. The molecule has 1 saturated carbocycles. The smallest absolute Gasteiger partial charge is 0.224 e. The minimum absolute atomic E-state index is 0.138. The number of carbonyl (C=O) groups excluding carboxylic acids is 1. The molecule has 4 nitrogen and oxygen atoms in total. The maximum Gasteiger partial charge on any atom is 0.224 e. The Morgan fingerprint density at radius 3 is 2.36 bits per heavy atom. The number of nitrogens with zero attached hydrogens (tertiary/aromatic N) is 2. The molecule has 1 saturated heterocycles. The van der Waals surface area contributed by atoms with E-state index in [2.05, 4.69) is 11.9 Å². The summed E-state index contributed by atoms with van der Waals surface area (Å²) in [6.45, 7) is 3.71. The number of piperazine rings is 1. The van der Waals surface area contributed by atoms with Crippen molar-refractivity contribution in [1.82, 2.24) is 9.80 Å². The Morgan fingerprint density at radius 1 is 1.29 bits per heavy atom. The van der Waals surface area contributed by atoms with Crippen molar-refractivity contribution < 1.29 is 4.79 Å². The molecule has 0 aromatic heterocycles. The van der Waals surface area contributed by atoms with Crippen LogP contribution in [0, 0.1) is 0 Å². The first-order chi connectivity index (χ1) is 6.59. The van der Waals surface area contributed by atoms with Crippen LogP contribution in [-0.2, 0) is 4.79 Å². The SMILES string of the molecule is CN1CCN(C(=O)CC2(N)CC2)CC1. The van der Waals surface area contributed by atoms with Crippen molar-refractivity contribution in [3.63, 3.8) is 0 Å². The first kappa shape index (κ1) is 9.93. The van der Waals surface area contributed by atoms with E-state index in [-0.39, 0.29) is 11.4 Å². The Hall–Kier alpha value is -0.610. The quantitative estimate of drug-likeness (QED) is 0.658. The van der Waals surface area contributed by atoms with Gasteiger partial charge in [-0.25, -0.2) is 0 Å². The van der Waals surface area contributed by atoms with Gasteiger partial charge in [-0.1, -0.05) is 0 Å². The lowest BCUT2D eigenvalue weighted by Gasteiger charge is -2.33. The third kappa shape index (κ3) is 2.25. The Balaban J connectivity index is 1.80. The van der Waals surface area contributed by atoms with Crippen LogP contribution >= 0.6 is 0 Å². The lowest BCUT2D eigenvalue weighted by molar-refractivity contribution is -0.133. The molecule has 0 aromatic rings. The Labute approximate surface area is 85.0 Å². The zero-order valence-corrected chi connectivity index (χ0v) is 8.83. The van der Waals surface area contributed by atoms with E-state index >= 15 is 0 Å². The number of likely N-dealkylation sites (N-methyl/N-ethyl adjacent to an activating group) is 1. The van der Waals surface area contributed by atoms with Crippen molar-refractivity contribution in [1.29, 1.82) is 0 Å². The lowest BCUT2D eigenvalue weighted by Crippen LogP contribution is -2.48. The third-order valence-corrected chi connectivity index (χ3v) is 3.25. The highest BCUT2D eigenvalue weighted by molar-refractivity contribution is 5.78. The number of hydrogen-bond acceptors (Lipinski definition) is 3. The van der Waals surface area contributed by atoms with Gasteiger partial charge in [0.15, 0.2) is 0 Å². The fourth-order valence-electron chi connectivity index (χ4n) is 1.81. The van der Waals surface area contributed by atoms with E-state index in [4.69, 9.17) is 5.73 Å². The van der Waals surface area contributed by atoms with E-state index in [1.165, 1.54) is 0 Å². The van der Waals surface area contributed by atoms with E-state index in [1.807, 2.05) is 4.90 Å². The largest absolute Gasteiger partial charge is 0.340 e. The van der Waals surface area contributed by atoms with E-state index in [1.54, 1.807) is 0 Å². The van der Waals surface area contributed by atoms with Crippen LogP contribution in [0.5, 0.6) is 0 Å². The molecule has 80 valence electrons. The topological polar surface area (TPSA) is 49.6 Å². The van der Waals surface area contributed by atoms with Crippen LogP contribution in [0.1, 0.15) is 19.3 Å². The molecule has 2 rings (SSSR count). The van der Waals surface area contributed by atoms with E-state index in [0.29, 0.717) is 6.42 Å². The highest BCUT2D eigenvalue weighted by Gasteiger charge is 2.41. The van der Waals surface area contributed by atoms with Crippen molar-refractivity contribution >= 4 is 5.91 Å². The molecule has 0 aromatic carbocycles. The average molecular weight is 197 g/mol. The zero-order chi connectivity index (χ0) is 10.2. The molecule has 1 heterocycles. The molecule has 2 fully saturated rings. The highest BCUT2D eigenvalue weighted by atomic mass is 16.2. The van der Waals surface area contributed by atoms with Crippen LogP contribution in [-0.4, -0.2) is 54.5 Å². The summed E-state index contributed by atoms with van der Waals surface area (Å²) in [4.78, 5) is 16.0.